The Labute approximate surface area is 155 Å². The molecule has 0 aromatic carbocycles. The number of likely N-dealkylation sites (tertiary alicyclic amines) is 1. The predicted molar refractivity (Wildman–Crippen MR) is 95.2 cm³/mol. The number of aryl methyl sites for hydroxylation is 1. The largest absolute Gasteiger partial charge is 0.460 e. The van der Waals surface area contributed by atoms with Gasteiger partial charge in [-0.05, 0) is 25.1 Å². The van der Waals surface area contributed by atoms with E-state index in [2.05, 4.69) is 10.1 Å². The molecular weight excluding hydrogens is 348 g/mol. The van der Waals surface area contributed by atoms with Gasteiger partial charge < -0.3 is 18.8 Å². The summed E-state index contributed by atoms with van der Waals surface area (Å²) >= 11 is 0. The van der Waals surface area contributed by atoms with Crippen molar-refractivity contribution in [1.82, 2.24) is 19.5 Å². The molecule has 140 valence electrons. The Hall–Kier alpha value is -2.71. The zero-order chi connectivity index (χ0) is 18.4. The van der Waals surface area contributed by atoms with Crippen molar-refractivity contribution in [3.63, 3.8) is 0 Å². The lowest BCUT2D eigenvalue weighted by molar-refractivity contribution is -0.181. The van der Waals surface area contributed by atoms with Crippen LogP contribution in [0.2, 0.25) is 0 Å². The van der Waals surface area contributed by atoms with Crippen LogP contribution in [0.5, 0.6) is 0 Å². The van der Waals surface area contributed by atoms with Gasteiger partial charge in [0.25, 0.3) is 5.91 Å². The number of aromatic nitrogens is 3. The summed E-state index contributed by atoms with van der Waals surface area (Å²) in [6.45, 7) is 4.32. The molecule has 2 fully saturated rings. The van der Waals surface area contributed by atoms with Gasteiger partial charge in [0.2, 0.25) is 0 Å². The SMILES string of the molecule is Cc1ccc(-c2ccnc3c(C(=O)N4CCC5(CC4)OCCO5)cnn23)o1. The first-order chi connectivity index (χ1) is 13.2. The van der Waals surface area contributed by atoms with E-state index in [1.165, 1.54) is 0 Å². The van der Waals surface area contributed by atoms with Crippen LogP contribution in [0.25, 0.3) is 17.1 Å². The number of amides is 1. The highest BCUT2D eigenvalue weighted by atomic mass is 16.7. The summed E-state index contributed by atoms with van der Waals surface area (Å²) in [6.07, 6.45) is 4.62. The Bertz CT molecular complexity index is 992. The molecule has 5 heterocycles. The average Bonchev–Trinajstić information content (AvgIpc) is 3.42. The summed E-state index contributed by atoms with van der Waals surface area (Å²) in [5, 5.41) is 4.39. The van der Waals surface area contributed by atoms with Gasteiger partial charge in [0, 0.05) is 32.1 Å². The molecule has 0 unspecified atom stereocenters. The fourth-order valence-electron chi connectivity index (χ4n) is 3.81. The number of nitrogens with zero attached hydrogens (tertiary/aromatic N) is 4. The number of furan rings is 1. The van der Waals surface area contributed by atoms with Gasteiger partial charge in [0.1, 0.15) is 17.0 Å². The molecule has 0 radical (unpaired) electrons. The fraction of sp³-hybridized carbons (Fsp3) is 0.421. The lowest BCUT2D eigenvalue weighted by atomic mass is 10.0. The van der Waals surface area contributed by atoms with Crippen LogP contribution < -0.4 is 0 Å². The highest BCUT2D eigenvalue weighted by Crippen LogP contribution is 2.32. The standard InChI is InChI=1S/C19H20N4O4/c1-13-2-3-16(27-13)15-4-7-20-17-14(12-21-23(15)17)18(24)22-8-5-19(6-9-22)25-10-11-26-19/h2-4,7,12H,5-6,8-11H2,1H3. The summed E-state index contributed by atoms with van der Waals surface area (Å²) in [6, 6.07) is 5.61. The van der Waals surface area contributed by atoms with E-state index in [1.807, 2.05) is 30.0 Å². The van der Waals surface area contributed by atoms with E-state index >= 15 is 0 Å². The minimum Gasteiger partial charge on any atom is -0.460 e. The predicted octanol–water partition coefficient (Wildman–Crippen LogP) is 2.28. The second-order valence-corrected chi connectivity index (χ2v) is 6.93. The van der Waals surface area contributed by atoms with E-state index < -0.39 is 5.79 Å². The normalized spacial score (nSPS) is 19.2. The average molecular weight is 368 g/mol. The van der Waals surface area contributed by atoms with Crippen LogP contribution in [-0.2, 0) is 9.47 Å². The minimum atomic E-state index is -0.500. The maximum Gasteiger partial charge on any atom is 0.259 e. The fourth-order valence-corrected chi connectivity index (χ4v) is 3.81. The number of carbonyl (C=O) groups is 1. The van der Waals surface area contributed by atoms with Crippen LogP contribution in [0.1, 0.15) is 29.0 Å². The lowest BCUT2D eigenvalue weighted by Gasteiger charge is -2.37. The number of fused-ring (bicyclic) bond motifs is 1. The third-order valence-electron chi connectivity index (χ3n) is 5.25. The van der Waals surface area contributed by atoms with Gasteiger partial charge in [-0.2, -0.15) is 5.10 Å². The number of carbonyl (C=O) groups excluding carboxylic acids is 1. The Kier molecular flexibility index (Phi) is 3.76. The molecular formula is C19H20N4O4. The first kappa shape index (κ1) is 16.5. The van der Waals surface area contributed by atoms with Gasteiger partial charge in [-0.1, -0.05) is 0 Å². The molecule has 8 nitrogen and oxygen atoms in total. The van der Waals surface area contributed by atoms with Crippen LogP contribution in [-0.4, -0.2) is 57.5 Å². The first-order valence-corrected chi connectivity index (χ1v) is 9.12. The Balaban J connectivity index is 1.43. The van der Waals surface area contributed by atoms with Gasteiger partial charge in [-0.3, -0.25) is 4.79 Å². The molecule has 2 saturated heterocycles. The van der Waals surface area contributed by atoms with Gasteiger partial charge in [0.15, 0.2) is 17.2 Å². The van der Waals surface area contributed by atoms with Crippen molar-refractivity contribution in [3.8, 4) is 11.5 Å². The molecule has 0 N–H and O–H groups in total. The number of hydrogen-bond donors (Lipinski definition) is 0. The highest BCUT2D eigenvalue weighted by Gasteiger charge is 2.41. The Morgan fingerprint density at radius 2 is 1.93 bits per heavy atom. The van der Waals surface area contributed by atoms with Crippen molar-refractivity contribution >= 4 is 11.6 Å². The summed E-state index contributed by atoms with van der Waals surface area (Å²) in [5.41, 5.74) is 1.78. The molecule has 5 rings (SSSR count). The van der Waals surface area contributed by atoms with E-state index in [-0.39, 0.29) is 5.91 Å². The second-order valence-electron chi connectivity index (χ2n) is 6.93. The molecule has 1 spiro atoms. The second kappa shape index (κ2) is 6.17. The monoisotopic (exact) mass is 368 g/mol. The topological polar surface area (TPSA) is 82.1 Å². The lowest BCUT2D eigenvalue weighted by Crippen LogP contribution is -2.47. The molecule has 0 atom stereocenters. The molecule has 0 saturated carbocycles. The van der Waals surface area contributed by atoms with Crippen molar-refractivity contribution in [2.45, 2.75) is 25.6 Å². The van der Waals surface area contributed by atoms with Crippen molar-refractivity contribution in [3.05, 3.63) is 41.9 Å². The van der Waals surface area contributed by atoms with Crippen molar-refractivity contribution in [1.29, 1.82) is 0 Å². The third-order valence-corrected chi connectivity index (χ3v) is 5.25. The molecule has 27 heavy (non-hydrogen) atoms. The third kappa shape index (κ3) is 2.72. The van der Waals surface area contributed by atoms with Crippen LogP contribution in [0.4, 0.5) is 0 Å². The van der Waals surface area contributed by atoms with Gasteiger partial charge in [0.05, 0.1) is 19.4 Å². The molecule has 2 aliphatic heterocycles. The molecule has 1 amide bonds. The van der Waals surface area contributed by atoms with Crippen molar-refractivity contribution < 1.29 is 18.7 Å². The summed E-state index contributed by atoms with van der Waals surface area (Å²) < 4.78 is 18.8. The summed E-state index contributed by atoms with van der Waals surface area (Å²) in [4.78, 5) is 19.3. The molecule has 2 aliphatic rings. The first-order valence-electron chi connectivity index (χ1n) is 9.12. The number of ether oxygens (including phenoxy) is 2. The van der Waals surface area contributed by atoms with E-state index in [4.69, 9.17) is 13.9 Å². The number of rotatable bonds is 2. The molecule has 0 aliphatic carbocycles. The minimum absolute atomic E-state index is 0.0712. The quantitative estimate of drug-likeness (QED) is 0.690. The maximum atomic E-state index is 13.1. The zero-order valence-electron chi connectivity index (χ0n) is 15.1. The van der Waals surface area contributed by atoms with E-state index in [0.29, 0.717) is 56.1 Å². The smallest absolute Gasteiger partial charge is 0.259 e. The molecule has 3 aromatic heterocycles. The number of piperidine rings is 1. The maximum absolute atomic E-state index is 13.1. The van der Waals surface area contributed by atoms with E-state index in [9.17, 15) is 4.79 Å². The van der Waals surface area contributed by atoms with E-state index in [1.54, 1.807) is 16.9 Å². The zero-order valence-corrected chi connectivity index (χ0v) is 15.1. The molecule has 0 bridgehead atoms. The van der Waals surface area contributed by atoms with Crippen LogP contribution in [0.3, 0.4) is 0 Å². The van der Waals surface area contributed by atoms with Crippen molar-refractivity contribution in [2.24, 2.45) is 0 Å². The van der Waals surface area contributed by atoms with Gasteiger partial charge in [-0.15, -0.1) is 0 Å². The van der Waals surface area contributed by atoms with Crippen LogP contribution >= 0.6 is 0 Å². The van der Waals surface area contributed by atoms with Crippen LogP contribution in [0.15, 0.2) is 35.0 Å². The van der Waals surface area contributed by atoms with Gasteiger partial charge in [-0.25, -0.2) is 9.50 Å². The van der Waals surface area contributed by atoms with Crippen molar-refractivity contribution in [2.75, 3.05) is 26.3 Å². The summed E-state index contributed by atoms with van der Waals surface area (Å²) in [7, 11) is 0. The Morgan fingerprint density at radius 3 is 2.63 bits per heavy atom. The number of hydrogen-bond acceptors (Lipinski definition) is 6. The molecule has 8 heteroatoms. The van der Waals surface area contributed by atoms with E-state index in [0.717, 1.165) is 11.5 Å². The highest BCUT2D eigenvalue weighted by molar-refractivity contribution is 6.00. The van der Waals surface area contributed by atoms with Gasteiger partial charge >= 0.3 is 0 Å². The van der Waals surface area contributed by atoms with Crippen LogP contribution in [0, 0.1) is 6.92 Å². The Morgan fingerprint density at radius 1 is 1.15 bits per heavy atom. The summed E-state index contributed by atoms with van der Waals surface area (Å²) in [5.74, 6) is 0.938. The molecule has 3 aromatic rings.